The van der Waals surface area contributed by atoms with Gasteiger partial charge in [0.1, 0.15) is 17.3 Å². The van der Waals surface area contributed by atoms with E-state index in [1.54, 1.807) is 6.07 Å². The first-order valence-electron chi connectivity index (χ1n) is 16.5. The van der Waals surface area contributed by atoms with Crippen molar-refractivity contribution >= 4 is 17.8 Å². The van der Waals surface area contributed by atoms with Crippen LogP contribution in [0.25, 0.3) is 0 Å². The lowest BCUT2D eigenvalue weighted by molar-refractivity contribution is -0.165. The van der Waals surface area contributed by atoms with Crippen LogP contribution in [-0.2, 0) is 16.1 Å². The van der Waals surface area contributed by atoms with Gasteiger partial charge in [0.05, 0.1) is 18.8 Å². The molecule has 2 aromatic carbocycles. The van der Waals surface area contributed by atoms with E-state index in [0.29, 0.717) is 56.3 Å². The monoisotopic (exact) mass is 621 g/mol. The fourth-order valence-corrected chi connectivity index (χ4v) is 7.15. The molecule has 2 aromatic rings. The summed E-state index contributed by atoms with van der Waals surface area (Å²) in [5.41, 5.74) is 0.328. The highest BCUT2D eigenvalue weighted by molar-refractivity contribution is 6.00. The number of carbonyl (C=O) groups is 3. The summed E-state index contributed by atoms with van der Waals surface area (Å²) in [5.74, 6) is 0.120. The maximum atomic E-state index is 13.9. The fourth-order valence-electron chi connectivity index (χ4n) is 7.15. The molecule has 0 radical (unpaired) electrons. The van der Waals surface area contributed by atoms with Gasteiger partial charge in [-0.1, -0.05) is 51.2 Å². The highest BCUT2D eigenvalue weighted by Crippen LogP contribution is 2.37. The molecule has 5 rings (SSSR count). The van der Waals surface area contributed by atoms with Gasteiger partial charge in [-0.2, -0.15) is 0 Å². The molecule has 0 aromatic heterocycles. The normalized spacial score (nSPS) is 21.7. The summed E-state index contributed by atoms with van der Waals surface area (Å²) in [6.07, 6.45) is 8.23. The zero-order chi connectivity index (χ0) is 32.0. The van der Waals surface area contributed by atoms with Crippen LogP contribution in [0.3, 0.4) is 0 Å². The Morgan fingerprint density at radius 1 is 1.02 bits per heavy atom. The molecule has 3 aliphatic rings. The van der Waals surface area contributed by atoms with Crippen molar-refractivity contribution in [2.45, 2.75) is 95.4 Å². The van der Waals surface area contributed by atoms with Crippen LogP contribution in [0, 0.1) is 5.92 Å². The van der Waals surface area contributed by atoms with E-state index in [2.05, 4.69) is 17.1 Å². The molecule has 10 heteroatoms. The third-order valence-electron chi connectivity index (χ3n) is 9.87. The van der Waals surface area contributed by atoms with Gasteiger partial charge in [0, 0.05) is 26.2 Å². The van der Waals surface area contributed by atoms with Crippen LogP contribution >= 0.6 is 0 Å². The second-order valence-electron chi connectivity index (χ2n) is 12.8. The van der Waals surface area contributed by atoms with Crippen molar-refractivity contribution in [3.8, 4) is 17.2 Å². The Labute approximate surface area is 265 Å². The van der Waals surface area contributed by atoms with E-state index in [1.807, 2.05) is 29.2 Å². The minimum atomic E-state index is -1.04. The Kier molecular flexibility index (Phi) is 10.7. The third kappa shape index (κ3) is 7.28. The lowest BCUT2D eigenvalue weighted by atomic mass is 9.79. The number of rotatable bonds is 11. The largest absolute Gasteiger partial charge is 0.493 e. The Hall–Kier alpha value is -3.63. The van der Waals surface area contributed by atoms with Crippen LogP contribution in [0.15, 0.2) is 42.5 Å². The number of carbonyl (C=O) groups excluding carboxylic acids is 2. The Bertz CT molecular complexity index is 1330. The highest BCUT2D eigenvalue weighted by atomic mass is 16.5. The number of carboxylic acids is 1. The number of likely N-dealkylation sites (tertiary alicyclic amines) is 1. The van der Waals surface area contributed by atoms with Crippen molar-refractivity contribution in [2.75, 3.05) is 26.7 Å². The van der Waals surface area contributed by atoms with Crippen molar-refractivity contribution in [2.24, 2.45) is 5.92 Å². The summed E-state index contributed by atoms with van der Waals surface area (Å²) in [7, 11) is 1.47. The van der Waals surface area contributed by atoms with E-state index in [0.717, 1.165) is 56.9 Å². The number of amides is 2. The predicted octanol–water partition coefficient (Wildman–Crippen LogP) is 4.98. The zero-order valence-corrected chi connectivity index (χ0v) is 26.5. The van der Waals surface area contributed by atoms with Crippen LogP contribution in [0.5, 0.6) is 17.2 Å². The van der Waals surface area contributed by atoms with E-state index in [4.69, 9.17) is 9.47 Å². The number of aromatic carboxylic acids is 1. The summed E-state index contributed by atoms with van der Waals surface area (Å²) in [6.45, 7) is 4.65. The molecular formula is C35H47N3O7. The molecule has 0 bridgehead atoms. The molecule has 45 heavy (non-hydrogen) atoms. The lowest BCUT2D eigenvalue weighted by Crippen LogP contribution is -2.75. The van der Waals surface area contributed by atoms with Gasteiger partial charge in [-0.3, -0.25) is 14.5 Å². The summed E-state index contributed by atoms with van der Waals surface area (Å²) in [5, 5.41) is 23.5. The van der Waals surface area contributed by atoms with E-state index in [-0.39, 0.29) is 23.3 Å². The number of hydrogen-bond donors (Lipinski definition) is 3. The molecular weight excluding hydrogens is 574 g/mol. The summed E-state index contributed by atoms with van der Waals surface area (Å²) in [4.78, 5) is 43.1. The molecule has 3 N–H and O–H groups in total. The molecule has 2 atom stereocenters. The van der Waals surface area contributed by atoms with Gasteiger partial charge in [0.25, 0.3) is 0 Å². The predicted molar refractivity (Wildman–Crippen MR) is 169 cm³/mol. The second kappa shape index (κ2) is 14.6. The van der Waals surface area contributed by atoms with Crippen molar-refractivity contribution in [3.05, 3.63) is 53.6 Å². The number of methoxy groups -OCH3 is 1. The number of piperidine rings is 1. The average Bonchev–Trinajstić information content (AvgIpc) is 3.34. The van der Waals surface area contributed by atoms with Crippen LogP contribution in [0.4, 0.5) is 0 Å². The molecule has 244 valence electrons. The number of unbranched alkanes of at least 4 members (excludes halogenated alkanes) is 1. The molecule has 1 saturated carbocycles. The quantitative estimate of drug-likeness (QED) is 0.300. The van der Waals surface area contributed by atoms with E-state index in [1.165, 1.54) is 19.2 Å². The molecule has 1 unspecified atom stereocenters. The number of nitrogens with one attached hydrogen (secondary N) is 1. The number of aliphatic hydroxyl groups is 1. The Morgan fingerprint density at radius 2 is 1.71 bits per heavy atom. The molecule has 2 aliphatic heterocycles. The number of carboxylic acid groups (broad SMARTS) is 1. The topological polar surface area (TPSA) is 129 Å². The number of ether oxygens (including phenoxy) is 2. The smallest absolute Gasteiger partial charge is 0.335 e. The third-order valence-corrected chi connectivity index (χ3v) is 9.87. The number of nitrogens with zero attached hydrogens (tertiary/aromatic N) is 2. The van der Waals surface area contributed by atoms with Crippen molar-refractivity contribution < 1.29 is 34.1 Å². The van der Waals surface area contributed by atoms with Gasteiger partial charge >= 0.3 is 5.97 Å². The first-order valence-corrected chi connectivity index (χ1v) is 16.5. The van der Waals surface area contributed by atoms with Crippen LogP contribution in [0.2, 0.25) is 0 Å². The maximum Gasteiger partial charge on any atom is 0.335 e. The van der Waals surface area contributed by atoms with E-state index >= 15 is 0 Å². The molecule has 2 saturated heterocycles. The van der Waals surface area contributed by atoms with Crippen LogP contribution < -0.4 is 14.8 Å². The summed E-state index contributed by atoms with van der Waals surface area (Å²) >= 11 is 0. The van der Waals surface area contributed by atoms with Gasteiger partial charge in [0.2, 0.25) is 11.8 Å². The van der Waals surface area contributed by atoms with Gasteiger partial charge in [-0.25, -0.2) is 4.79 Å². The second-order valence-corrected chi connectivity index (χ2v) is 12.8. The van der Waals surface area contributed by atoms with Crippen molar-refractivity contribution in [1.82, 2.24) is 15.1 Å². The van der Waals surface area contributed by atoms with E-state index in [9.17, 15) is 24.6 Å². The standard InChI is InChI=1S/C35H47N3O7/c1-3-4-19-38-32(40)30(31(39)25-9-7-5-6-8-10-25)36-34(43)35(38)17-20-37(21-18-35)23-24-11-14-27(15-12-24)45-28-16-13-26(33(41)42)22-29(28)44-2/h11-16,22,25,30-31,39H,3-10,17-21,23H2,1-2H3,(H,36,43)(H,41,42)/t30-,31?/m1/s1. The number of benzene rings is 2. The fraction of sp³-hybridized carbons (Fsp3) is 0.571. The maximum absolute atomic E-state index is 13.9. The van der Waals surface area contributed by atoms with Gasteiger partial charge in [-0.05, 0) is 73.9 Å². The molecule has 2 amide bonds. The Morgan fingerprint density at radius 3 is 2.33 bits per heavy atom. The molecule has 3 fully saturated rings. The summed E-state index contributed by atoms with van der Waals surface area (Å²) in [6, 6.07) is 11.3. The zero-order valence-electron chi connectivity index (χ0n) is 26.5. The number of piperazine rings is 1. The molecule has 2 heterocycles. The van der Waals surface area contributed by atoms with Crippen LogP contribution in [-0.4, -0.2) is 82.2 Å². The number of hydrogen-bond acceptors (Lipinski definition) is 7. The summed E-state index contributed by atoms with van der Waals surface area (Å²) < 4.78 is 11.3. The van der Waals surface area contributed by atoms with Gasteiger partial charge in [-0.15, -0.1) is 0 Å². The first kappa shape index (κ1) is 32.8. The lowest BCUT2D eigenvalue weighted by Gasteiger charge is -2.52. The average molecular weight is 622 g/mol. The van der Waals surface area contributed by atoms with Crippen molar-refractivity contribution in [3.63, 3.8) is 0 Å². The number of aliphatic hydroxyl groups excluding tert-OH is 1. The van der Waals surface area contributed by atoms with Crippen molar-refractivity contribution in [1.29, 1.82) is 0 Å². The van der Waals surface area contributed by atoms with E-state index < -0.39 is 23.7 Å². The SMILES string of the molecule is CCCCN1C(=O)[C@@H](C(O)C2CCCCCC2)NC(=O)C12CCN(Cc1ccc(Oc3ccc(C(=O)O)cc3OC)cc1)CC2. The van der Waals surface area contributed by atoms with Gasteiger partial charge in [0.15, 0.2) is 11.5 Å². The molecule has 1 aliphatic carbocycles. The first-order chi connectivity index (χ1) is 21.8. The molecule has 1 spiro atoms. The Balaban J connectivity index is 1.21. The van der Waals surface area contributed by atoms with Crippen LogP contribution in [0.1, 0.15) is 87.1 Å². The molecule has 10 nitrogen and oxygen atoms in total. The highest BCUT2D eigenvalue weighted by Gasteiger charge is 2.55. The minimum absolute atomic E-state index is 0.0435. The minimum Gasteiger partial charge on any atom is -0.493 e. The van der Waals surface area contributed by atoms with Gasteiger partial charge < -0.3 is 29.9 Å².